The van der Waals surface area contributed by atoms with Crippen LogP contribution in [-0.4, -0.2) is 66.7 Å². The lowest BCUT2D eigenvalue weighted by molar-refractivity contribution is -0.149. The number of hydrogen-bond acceptors (Lipinski definition) is 7. The molecular weight excluding hydrogens is 476 g/mol. The highest BCUT2D eigenvalue weighted by molar-refractivity contribution is 5.90. The minimum absolute atomic E-state index is 0.0706. The van der Waals surface area contributed by atoms with Crippen molar-refractivity contribution in [2.75, 3.05) is 13.7 Å². The Kier molecular flexibility index (Phi) is 8.94. The summed E-state index contributed by atoms with van der Waals surface area (Å²) in [6, 6.07) is 13.4. The number of fused-ring (bicyclic) bond motifs is 3. The number of carbonyl (C=O) groups excluding carboxylic acids is 3. The van der Waals surface area contributed by atoms with Crippen molar-refractivity contribution >= 4 is 18.0 Å². The fourth-order valence-electron chi connectivity index (χ4n) is 4.54. The van der Waals surface area contributed by atoms with Crippen LogP contribution in [0.1, 0.15) is 51.7 Å². The van der Waals surface area contributed by atoms with E-state index in [0.717, 1.165) is 29.4 Å². The molecule has 3 N–H and O–H groups in total. The van der Waals surface area contributed by atoms with Crippen LogP contribution in [0.5, 0.6) is 0 Å². The van der Waals surface area contributed by atoms with Gasteiger partial charge in [-0.2, -0.15) is 0 Å². The average Bonchev–Trinajstić information content (AvgIpc) is 3.16. The molecule has 0 radical (unpaired) electrons. The van der Waals surface area contributed by atoms with Crippen LogP contribution in [0.25, 0.3) is 11.1 Å². The highest BCUT2D eigenvalue weighted by atomic mass is 16.6. The monoisotopic (exact) mass is 512 g/mol. The van der Waals surface area contributed by atoms with E-state index in [1.807, 2.05) is 69.3 Å². The van der Waals surface area contributed by atoms with Gasteiger partial charge in [0.15, 0.2) is 6.04 Å². The zero-order valence-corrected chi connectivity index (χ0v) is 22.1. The maximum atomic E-state index is 13.1. The molecule has 1 aliphatic carbocycles. The van der Waals surface area contributed by atoms with Crippen LogP contribution in [-0.2, 0) is 23.8 Å². The summed E-state index contributed by atoms with van der Waals surface area (Å²) in [6.45, 7) is 8.51. The smallest absolute Gasteiger partial charge is 0.407 e. The first-order valence-corrected chi connectivity index (χ1v) is 12.3. The van der Waals surface area contributed by atoms with Crippen molar-refractivity contribution in [3.05, 3.63) is 59.7 Å². The highest BCUT2D eigenvalue weighted by Crippen LogP contribution is 2.44. The van der Waals surface area contributed by atoms with Crippen molar-refractivity contribution in [1.29, 1.82) is 0 Å². The van der Waals surface area contributed by atoms with Gasteiger partial charge in [0.25, 0.3) is 0 Å². The van der Waals surface area contributed by atoms with Gasteiger partial charge in [-0.05, 0) is 56.9 Å². The second kappa shape index (κ2) is 11.7. The Morgan fingerprint density at radius 2 is 1.46 bits per heavy atom. The largest absolute Gasteiger partial charge is 0.467 e. The Bertz CT molecular complexity index is 1080. The van der Waals surface area contributed by atoms with Crippen molar-refractivity contribution < 1.29 is 33.7 Å². The number of hydrogen-bond donors (Lipinski definition) is 3. The molecule has 0 fully saturated rings. The lowest BCUT2D eigenvalue weighted by atomic mass is 9.98. The van der Waals surface area contributed by atoms with Crippen LogP contribution < -0.4 is 10.6 Å². The third kappa shape index (κ3) is 6.87. The maximum absolute atomic E-state index is 13.1. The van der Waals surface area contributed by atoms with Gasteiger partial charge in [0, 0.05) is 5.92 Å². The molecule has 37 heavy (non-hydrogen) atoms. The van der Waals surface area contributed by atoms with Gasteiger partial charge < -0.3 is 30.0 Å². The summed E-state index contributed by atoms with van der Waals surface area (Å²) in [4.78, 5) is 38.1. The number of ether oxygens (including phenoxy) is 3. The van der Waals surface area contributed by atoms with Gasteiger partial charge in [0.2, 0.25) is 5.91 Å². The number of amides is 2. The second-order valence-electron chi connectivity index (χ2n) is 10.1. The molecule has 9 nitrogen and oxygen atoms in total. The van der Waals surface area contributed by atoms with Gasteiger partial charge in [0.1, 0.15) is 12.6 Å². The van der Waals surface area contributed by atoms with Crippen LogP contribution in [0.15, 0.2) is 48.5 Å². The van der Waals surface area contributed by atoms with E-state index < -0.39 is 47.9 Å². The Morgan fingerprint density at radius 1 is 0.919 bits per heavy atom. The van der Waals surface area contributed by atoms with E-state index in [0.29, 0.717) is 0 Å². The zero-order chi connectivity index (χ0) is 27.3. The third-order valence-corrected chi connectivity index (χ3v) is 6.14. The minimum atomic E-state index is -1.31. The van der Waals surface area contributed by atoms with Gasteiger partial charge in [-0.25, -0.2) is 9.59 Å². The first-order chi connectivity index (χ1) is 17.4. The van der Waals surface area contributed by atoms with Crippen LogP contribution in [0.4, 0.5) is 4.79 Å². The first kappa shape index (κ1) is 28.1. The van der Waals surface area contributed by atoms with Crippen molar-refractivity contribution in [3.8, 4) is 11.1 Å². The molecule has 0 aliphatic heterocycles. The number of alkyl carbamates (subject to hydrolysis) is 1. The summed E-state index contributed by atoms with van der Waals surface area (Å²) in [7, 11) is 1.15. The summed E-state index contributed by atoms with van der Waals surface area (Å²) in [5.41, 5.74) is 3.71. The zero-order valence-electron chi connectivity index (χ0n) is 22.1. The van der Waals surface area contributed by atoms with E-state index in [2.05, 4.69) is 15.4 Å². The molecule has 9 heteroatoms. The van der Waals surface area contributed by atoms with Crippen molar-refractivity contribution in [1.82, 2.24) is 10.6 Å². The number of aliphatic hydroxyl groups is 1. The summed E-state index contributed by atoms with van der Waals surface area (Å²) in [6.07, 6.45) is -2.81. The quantitative estimate of drug-likeness (QED) is 0.441. The van der Waals surface area contributed by atoms with E-state index in [9.17, 15) is 19.5 Å². The van der Waals surface area contributed by atoms with Crippen molar-refractivity contribution in [2.45, 2.75) is 70.4 Å². The Labute approximate surface area is 217 Å². The van der Waals surface area contributed by atoms with Gasteiger partial charge in [-0.15, -0.1) is 0 Å². The molecule has 2 aromatic carbocycles. The molecule has 2 amide bonds. The average molecular weight is 513 g/mol. The van der Waals surface area contributed by atoms with Gasteiger partial charge in [-0.1, -0.05) is 48.5 Å². The highest BCUT2D eigenvalue weighted by Gasteiger charge is 2.36. The van der Waals surface area contributed by atoms with Crippen LogP contribution in [0, 0.1) is 0 Å². The lowest BCUT2D eigenvalue weighted by Gasteiger charge is -2.31. The number of esters is 1. The summed E-state index contributed by atoms with van der Waals surface area (Å²) in [5, 5.41) is 15.0. The minimum Gasteiger partial charge on any atom is -0.467 e. The molecule has 0 unspecified atom stereocenters. The van der Waals surface area contributed by atoms with E-state index in [1.165, 1.54) is 6.92 Å². The standard InChI is InChI=1S/C28H36N2O7/c1-16(31)23(26(33)35-6)29-25(32)24(17(2)37-28(3,4)5)30-27(34)36-15-22-20-13-9-7-11-18(20)19-12-8-10-14-21(19)22/h7-14,16-17,22-24,31H,15H2,1-6H3,(H,29,32)(H,30,34)/t16-,17-,23+,24+/m1/s1. The number of aliphatic hydroxyl groups excluding tert-OH is 1. The molecule has 0 heterocycles. The molecule has 0 saturated heterocycles. The van der Waals surface area contributed by atoms with Crippen LogP contribution in [0.3, 0.4) is 0 Å². The lowest BCUT2D eigenvalue weighted by Crippen LogP contribution is -2.59. The molecule has 0 saturated carbocycles. The Balaban J connectivity index is 1.75. The molecule has 200 valence electrons. The molecule has 1 aliphatic rings. The predicted octanol–water partition coefficient (Wildman–Crippen LogP) is 3.14. The molecule has 0 aromatic heterocycles. The van der Waals surface area contributed by atoms with Gasteiger partial charge in [-0.3, -0.25) is 4.79 Å². The predicted molar refractivity (Wildman–Crippen MR) is 138 cm³/mol. The Hall–Kier alpha value is -3.43. The van der Waals surface area contributed by atoms with Gasteiger partial charge in [0.05, 0.1) is 24.9 Å². The number of nitrogens with one attached hydrogen (secondary N) is 2. The topological polar surface area (TPSA) is 123 Å². The van der Waals surface area contributed by atoms with Crippen molar-refractivity contribution in [3.63, 3.8) is 0 Å². The summed E-state index contributed by atoms with van der Waals surface area (Å²) < 4.78 is 16.2. The van der Waals surface area contributed by atoms with Crippen LogP contribution >= 0.6 is 0 Å². The molecule has 3 rings (SSSR count). The fraction of sp³-hybridized carbons (Fsp3) is 0.464. The SMILES string of the molecule is COC(=O)[C@@H](NC(=O)[C@@H](NC(=O)OCC1c2ccccc2-c2ccccc21)[C@@H](C)OC(C)(C)C)[C@@H](C)O. The van der Waals surface area contributed by atoms with E-state index in [-0.39, 0.29) is 12.5 Å². The molecule has 4 atom stereocenters. The fourth-order valence-corrected chi connectivity index (χ4v) is 4.54. The number of methoxy groups -OCH3 is 1. The molecule has 0 bridgehead atoms. The molecule has 2 aromatic rings. The number of rotatable bonds is 9. The Morgan fingerprint density at radius 3 is 1.95 bits per heavy atom. The molecular formula is C28H36N2O7. The van der Waals surface area contributed by atoms with Crippen LogP contribution in [0.2, 0.25) is 0 Å². The van der Waals surface area contributed by atoms with E-state index in [4.69, 9.17) is 9.47 Å². The number of carbonyl (C=O) groups is 3. The summed E-state index contributed by atoms with van der Waals surface area (Å²) >= 11 is 0. The maximum Gasteiger partial charge on any atom is 0.407 e. The summed E-state index contributed by atoms with van der Waals surface area (Å²) in [5.74, 6) is -1.68. The number of benzene rings is 2. The third-order valence-electron chi connectivity index (χ3n) is 6.14. The van der Waals surface area contributed by atoms with E-state index >= 15 is 0 Å². The van der Waals surface area contributed by atoms with Gasteiger partial charge >= 0.3 is 12.1 Å². The molecule has 0 spiro atoms. The normalized spacial score (nSPS) is 16.0. The van der Waals surface area contributed by atoms with E-state index in [1.54, 1.807) is 6.92 Å². The second-order valence-corrected chi connectivity index (χ2v) is 10.1. The van der Waals surface area contributed by atoms with Crippen molar-refractivity contribution in [2.24, 2.45) is 0 Å². The first-order valence-electron chi connectivity index (χ1n) is 12.3.